The first-order chi connectivity index (χ1) is 9.08. The van der Waals surface area contributed by atoms with Crippen LogP contribution < -0.4 is 4.90 Å². The molecule has 0 saturated heterocycles. The van der Waals surface area contributed by atoms with Crippen LogP contribution in [0.4, 0.5) is 5.69 Å². The Balaban J connectivity index is 2.18. The maximum Gasteiger partial charge on any atom is 0.160 e. The summed E-state index contributed by atoms with van der Waals surface area (Å²) in [4.78, 5) is 17.5. The van der Waals surface area contributed by atoms with Gasteiger partial charge in [0.25, 0.3) is 0 Å². The van der Waals surface area contributed by atoms with Gasteiger partial charge in [-0.1, -0.05) is 0 Å². The summed E-state index contributed by atoms with van der Waals surface area (Å²) in [5, 5.41) is 0. The molecule has 4 heteroatoms. The van der Waals surface area contributed by atoms with Gasteiger partial charge in [-0.3, -0.25) is 9.78 Å². The van der Waals surface area contributed by atoms with Crippen LogP contribution in [0.3, 0.4) is 0 Å². The second-order valence-corrected chi connectivity index (χ2v) is 5.29. The number of hydrogen-bond acceptors (Lipinski definition) is 3. The van der Waals surface area contributed by atoms with E-state index in [-0.39, 0.29) is 5.78 Å². The summed E-state index contributed by atoms with van der Waals surface area (Å²) < 4.78 is 0.832. The van der Waals surface area contributed by atoms with E-state index in [1.807, 2.05) is 37.4 Å². The van der Waals surface area contributed by atoms with Crippen molar-refractivity contribution in [2.24, 2.45) is 0 Å². The topological polar surface area (TPSA) is 33.2 Å². The quantitative estimate of drug-likeness (QED) is 0.806. The number of benzene rings is 1. The zero-order valence-electron chi connectivity index (χ0n) is 10.9. The van der Waals surface area contributed by atoms with Crippen LogP contribution in [-0.2, 0) is 6.54 Å². The Morgan fingerprint density at radius 2 is 1.95 bits per heavy atom. The van der Waals surface area contributed by atoms with Crippen molar-refractivity contribution in [1.29, 1.82) is 0 Å². The summed E-state index contributed by atoms with van der Waals surface area (Å²) in [7, 11) is 2.02. The lowest BCUT2D eigenvalue weighted by molar-refractivity contribution is 0.101. The molecule has 0 aliphatic carbocycles. The summed E-state index contributed by atoms with van der Waals surface area (Å²) in [5.41, 5.74) is 2.97. The first-order valence-electron chi connectivity index (χ1n) is 5.98. The van der Waals surface area contributed by atoms with Gasteiger partial charge in [-0.05, 0) is 58.7 Å². The van der Waals surface area contributed by atoms with Gasteiger partial charge in [0, 0.05) is 41.7 Å². The van der Waals surface area contributed by atoms with Gasteiger partial charge >= 0.3 is 0 Å². The van der Waals surface area contributed by atoms with E-state index in [2.05, 4.69) is 25.8 Å². The van der Waals surface area contributed by atoms with E-state index in [1.165, 1.54) is 5.56 Å². The molecule has 19 heavy (non-hydrogen) atoms. The van der Waals surface area contributed by atoms with Gasteiger partial charge in [-0.2, -0.15) is 0 Å². The van der Waals surface area contributed by atoms with E-state index in [0.717, 1.165) is 16.7 Å². The van der Waals surface area contributed by atoms with Crippen LogP contribution in [-0.4, -0.2) is 17.8 Å². The molecule has 3 nitrogen and oxygen atoms in total. The van der Waals surface area contributed by atoms with Crippen molar-refractivity contribution in [3.8, 4) is 0 Å². The Morgan fingerprint density at radius 3 is 2.53 bits per heavy atom. The molecule has 0 amide bonds. The Morgan fingerprint density at radius 1 is 1.26 bits per heavy atom. The zero-order chi connectivity index (χ0) is 13.8. The molecule has 0 saturated carbocycles. The van der Waals surface area contributed by atoms with Crippen molar-refractivity contribution in [1.82, 2.24) is 4.98 Å². The largest absolute Gasteiger partial charge is 0.370 e. The highest BCUT2D eigenvalue weighted by Crippen LogP contribution is 2.24. The van der Waals surface area contributed by atoms with E-state index in [9.17, 15) is 4.79 Å². The monoisotopic (exact) mass is 318 g/mol. The van der Waals surface area contributed by atoms with Gasteiger partial charge in [0.15, 0.2) is 5.78 Å². The van der Waals surface area contributed by atoms with E-state index >= 15 is 0 Å². The Labute approximate surface area is 121 Å². The fraction of sp³-hybridized carbons (Fsp3) is 0.200. The van der Waals surface area contributed by atoms with Crippen LogP contribution in [0, 0.1) is 0 Å². The van der Waals surface area contributed by atoms with Crippen molar-refractivity contribution in [3.05, 3.63) is 58.3 Å². The highest BCUT2D eigenvalue weighted by atomic mass is 79.9. The third kappa shape index (κ3) is 3.41. The SMILES string of the molecule is CC(=O)c1ccc(N(C)Cc2ccncc2)cc1Br. The van der Waals surface area contributed by atoms with Gasteiger partial charge in [0.1, 0.15) is 0 Å². The molecule has 0 atom stereocenters. The summed E-state index contributed by atoms with van der Waals surface area (Å²) in [6.45, 7) is 2.37. The summed E-state index contributed by atoms with van der Waals surface area (Å²) in [6.07, 6.45) is 3.58. The molecule has 2 aromatic rings. The molecule has 0 unspecified atom stereocenters. The highest BCUT2D eigenvalue weighted by Gasteiger charge is 2.08. The smallest absolute Gasteiger partial charge is 0.160 e. The van der Waals surface area contributed by atoms with E-state index in [4.69, 9.17) is 0 Å². The number of carbonyl (C=O) groups excluding carboxylic acids is 1. The number of rotatable bonds is 4. The van der Waals surface area contributed by atoms with Crippen molar-refractivity contribution in [2.75, 3.05) is 11.9 Å². The minimum Gasteiger partial charge on any atom is -0.370 e. The number of hydrogen-bond donors (Lipinski definition) is 0. The number of nitrogens with zero attached hydrogens (tertiary/aromatic N) is 2. The van der Waals surface area contributed by atoms with Gasteiger partial charge in [-0.15, -0.1) is 0 Å². The maximum absolute atomic E-state index is 11.4. The fourth-order valence-electron chi connectivity index (χ4n) is 1.88. The zero-order valence-corrected chi connectivity index (χ0v) is 12.5. The number of aromatic nitrogens is 1. The number of halogens is 1. The standard InChI is InChI=1S/C15H15BrN2O/c1-11(19)14-4-3-13(9-15(14)16)18(2)10-12-5-7-17-8-6-12/h3-9H,10H2,1-2H3. The normalized spacial score (nSPS) is 10.3. The molecular formula is C15H15BrN2O. The van der Waals surface area contributed by atoms with Crippen LogP contribution in [0.5, 0.6) is 0 Å². The molecule has 98 valence electrons. The lowest BCUT2D eigenvalue weighted by atomic mass is 10.1. The second kappa shape index (κ2) is 5.97. The number of carbonyl (C=O) groups is 1. The molecule has 0 aliphatic rings. The summed E-state index contributed by atoms with van der Waals surface area (Å²) in [6, 6.07) is 9.77. The number of Topliss-reactive ketones (excluding diaryl/α,β-unsaturated/α-hetero) is 1. The molecule has 1 aromatic carbocycles. The third-order valence-electron chi connectivity index (χ3n) is 2.94. The average molecular weight is 319 g/mol. The number of ketones is 1. The van der Waals surface area contributed by atoms with Crippen LogP contribution in [0.25, 0.3) is 0 Å². The minimum atomic E-state index is 0.0650. The third-order valence-corrected chi connectivity index (χ3v) is 3.60. The van der Waals surface area contributed by atoms with Crippen molar-refractivity contribution in [3.63, 3.8) is 0 Å². The molecule has 0 bridgehead atoms. The molecule has 2 rings (SSSR count). The maximum atomic E-state index is 11.4. The van der Waals surface area contributed by atoms with Gasteiger partial charge in [0.05, 0.1) is 0 Å². The Hall–Kier alpha value is -1.68. The van der Waals surface area contributed by atoms with Gasteiger partial charge in [0.2, 0.25) is 0 Å². The van der Waals surface area contributed by atoms with Crippen LogP contribution >= 0.6 is 15.9 Å². The molecule has 0 N–H and O–H groups in total. The van der Waals surface area contributed by atoms with Crippen LogP contribution in [0.2, 0.25) is 0 Å². The average Bonchev–Trinajstić information content (AvgIpc) is 2.39. The minimum absolute atomic E-state index is 0.0650. The summed E-state index contributed by atoms with van der Waals surface area (Å²) in [5.74, 6) is 0.0650. The van der Waals surface area contributed by atoms with Crippen molar-refractivity contribution >= 4 is 27.4 Å². The predicted octanol–water partition coefficient (Wildman–Crippen LogP) is 3.68. The van der Waals surface area contributed by atoms with Crippen molar-refractivity contribution < 1.29 is 4.79 Å². The van der Waals surface area contributed by atoms with Crippen LogP contribution in [0.1, 0.15) is 22.8 Å². The molecular weight excluding hydrogens is 304 g/mol. The van der Waals surface area contributed by atoms with Crippen LogP contribution in [0.15, 0.2) is 47.2 Å². The molecule has 0 radical (unpaired) electrons. The first-order valence-corrected chi connectivity index (χ1v) is 6.78. The van der Waals surface area contributed by atoms with Gasteiger partial charge < -0.3 is 4.90 Å². The van der Waals surface area contributed by atoms with E-state index in [1.54, 1.807) is 19.3 Å². The first kappa shape index (κ1) is 13.7. The number of pyridine rings is 1. The fourth-order valence-corrected chi connectivity index (χ4v) is 2.53. The molecule has 0 aliphatic heterocycles. The molecule has 0 fully saturated rings. The molecule has 1 heterocycles. The Bertz CT molecular complexity index is 584. The second-order valence-electron chi connectivity index (χ2n) is 4.43. The van der Waals surface area contributed by atoms with Crippen molar-refractivity contribution in [2.45, 2.75) is 13.5 Å². The molecule has 0 spiro atoms. The van der Waals surface area contributed by atoms with Gasteiger partial charge in [-0.25, -0.2) is 0 Å². The molecule has 1 aromatic heterocycles. The lowest BCUT2D eigenvalue weighted by Crippen LogP contribution is -2.16. The highest BCUT2D eigenvalue weighted by molar-refractivity contribution is 9.10. The lowest BCUT2D eigenvalue weighted by Gasteiger charge is -2.20. The van der Waals surface area contributed by atoms with E-state index in [0.29, 0.717) is 5.56 Å². The predicted molar refractivity (Wildman–Crippen MR) is 80.5 cm³/mol. The number of anilines is 1. The summed E-state index contributed by atoms with van der Waals surface area (Å²) >= 11 is 3.44. The van der Waals surface area contributed by atoms with E-state index < -0.39 is 0 Å². The Kier molecular flexibility index (Phi) is 4.32.